The average molecular weight is 600 g/mol. The molecule has 0 saturated carbocycles. The van der Waals surface area contributed by atoms with E-state index in [1.807, 2.05) is 31.4 Å². The van der Waals surface area contributed by atoms with Gasteiger partial charge in [-0.15, -0.1) is 11.8 Å². The molecule has 1 fully saturated rings. The zero-order valence-electron chi connectivity index (χ0n) is 22.3. The second-order valence-corrected chi connectivity index (χ2v) is 10.4. The molecule has 1 aliphatic heterocycles. The van der Waals surface area contributed by atoms with Gasteiger partial charge in [0.15, 0.2) is 11.7 Å². The number of carbonyl (C=O) groups excluding carboxylic acids is 2. The second-order valence-electron chi connectivity index (χ2n) is 8.70. The summed E-state index contributed by atoms with van der Waals surface area (Å²) in [4.78, 5) is 35.5. The average Bonchev–Trinajstić information content (AvgIpc) is 2.94. The number of thioether (sulfide) groups is 1. The number of carbonyl (C=O) groups is 2. The lowest BCUT2D eigenvalue weighted by Crippen LogP contribution is -2.42. The molecule has 0 aliphatic carbocycles. The SMILES string of the molecule is C=CC(=O)N1CCOSN(C(=Nc2c(C)cccc2SC)c2cc(F)c(-c3c(O)cccc3F)nc2NC=O)CC1. The van der Waals surface area contributed by atoms with Crippen LogP contribution in [0.15, 0.2) is 65.0 Å². The number of aryl methyl sites for hydroxylation is 1. The highest BCUT2D eigenvalue weighted by atomic mass is 32.2. The Kier molecular flexibility index (Phi) is 9.97. The van der Waals surface area contributed by atoms with Crippen molar-refractivity contribution in [3.8, 4) is 17.0 Å². The van der Waals surface area contributed by atoms with Gasteiger partial charge < -0.3 is 15.3 Å². The van der Waals surface area contributed by atoms with Crippen LogP contribution in [-0.4, -0.2) is 69.9 Å². The number of amides is 2. The maximum Gasteiger partial charge on any atom is 0.246 e. The Bertz CT molecular complexity index is 1480. The number of aromatic hydroxyl groups is 1. The Balaban J connectivity index is 1.93. The molecule has 41 heavy (non-hydrogen) atoms. The van der Waals surface area contributed by atoms with Crippen molar-refractivity contribution in [3.63, 3.8) is 0 Å². The number of aromatic nitrogens is 1. The van der Waals surface area contributed by atoms with Gasteiger partial charge in [0.25, 0.3) is 0 Å². The third-order valence-corrected chi connectivity index (χ3v) is 7.74. The van der Waals surface area contributed by atoms with Crippen LogP contribution in [0.3, 0.4) is 0 Å². The molecule has 0 unspecified atom stereocenters. The van der Waals surface area contributed by atoms with Gasteiger partial charge in [-0.05, 0) is 49.1 Å². The molecule has 0 bridgehead atoms. The van der Waals surface area contributed by atoms with E-state index >= 15 is 4.39 Å². The van der Waals surface area contributed by atoms with Crippen LogP contribution in [-0.2, 0) is 13.8 Å². The summed E-state index contributed by atoms with van der Waals surface area (Å²) in [7, 11) is 0. The lowest BCUT2D eigenvalue weighted by atomic mass is 10.1. The quantitative estimate of drug-likeness (QED) is 0.0715. The second kappa shape index (κ2) is 13.6. The maximum absolute atomic E-state index is 15.7. The summed E-state index contributed by atoms with van der Waals surface area (Å²) in [5, 5.41) is 12.7. The van der Waals surface area contributed by atoms with Crippen LogP contribution >= 0.6 is 24.0 Å². The number of rotatable bonds is 7. The molecule has 2 amide bonds. The Labute approximate surface area is 244 Å². The maximum atomic E-state index is 15.7. The number of phenols is 1. The Hall–Kier alpha value is -3.94. The normalized spacial score (nSPS) is 14.3. The molecule has 3 aromatic rings. The number of aliphatic imine (C=N–C) groups is 1. The van der Waals surface area contributed by atoms with Crippen molar-refractivity contribution in [1.82, 2.24) is 14.2 Å². The van der Waals surface area contributed by atoms with E-state index in [2.05, 4.69) is 16.9 Å². The molecule has 1 aromatic heterocycles. The van der Waals surface area contributed by atoms with Gasteiger partial charge in [-0.1, -0.05) is 24.8 Å². The number of para-hydroxylation sites is 1. The van der Waals surface area contributed by atoms with Gasteiger partial charge >= 0.3 is 0 Å². The molecule has 214 valence electrons. The van der Waals surface area contributed by atoms with Crippen molar-refractivity contribution in [3.05, 3.63) is 77.9 Å². The fraction of sp³-hybridized carbons (Fsp3) is 0.214. The van der Waals surface area contributed by atoms with Crippen molar-refractivity contribution in [1.29, 1.82) is 0 Å². The minimum Gasteiger partial charge on any atom is -0.507 e. The van der Waals surface area contributed by atoms with E-state index in [1.54, 1.807) is 9.21 Å². The molecular formula is C28H27F2N5O4S2. The van der Waals surface area contributed by atoms with Crippen LogP contribution in [0.2, 0.25) is 0 Å². The van der Waals surface area contributed by atoms with Gasteiger partial charge in [-0.25, -0.2) is 18.8 Å². The summed E-state index contributed by atoms with van der Waals surface area (Å²) >= 11 is 2.43. The number of benzene rings is 2. The topological polar surface area (TPSA) is 107 Å². The van der Waals surface area contributed by atoms with Crippen molar-refractivity contribution in [2.75, 3.05) is 37.8 Å². The number of halogens is 2. The van der Waals surface area contributed by atoms with E-state index in [9.17, 15) is 19.1 Å². The van der Waals surface area contributed by atoms with Gasteiger partial charge in [-0.3, -0.25) is 18.1 Å². The van der Waals surface area contributed by atoms with Crippen molar-refractivity contribution in [2.45, 2.75) is 11.8 Å². The predicted octanol–water partition coefficient (Wildman–Crippen LogP) is 5.32. The van der Waals surface area contributed by atoms with Crippen LogP contribution in [0.5, 0.6) is 5.75 Å². The highest BCUT2D eigenvalue weighted by Gasteiger charge is 2.27. The number of amidine groups is 1. The Morgan fingerprint density at radius 3 is 2.71 bits per heavy atom. The Morgan fingerprint density at radius 2 is 2.00 bits per heavy atom. The van der Waals surface area contributed by atoms with Crippen molar-refractivity contribution >= 4 is 53.6 Å². The van der Waals surface area contributed by atoms with E-state index in [4.69, 9.17) is 9.18 Å². The van der Waals surface area contributed by atoms with E-state index < -0.39 is 28.6 Å². The molecule has 2 N–H and O–H groups in total. The monoisotopic (exact) mass is 599 g/mol. The number of anilines is 1. The lowest BCUT2D eigenvalue weighted by molar-refractivity contribution is -0.126. The van der Waals surface area contributed by atoms with Crippen LogP contribution < -0.4 is 5.32 Å². The first kappa shape index (κ1) is 30.0. The smallest absolute Gasteiger partial charge is 0.246 e. The largest absolute Gasteiger partial charge is 0.507 e. The molecule has 0 spiro atoms. The van der Waals surface area contributed by atoms with Gasteiger partial charge in [0.1, 0.15) is 35.3 Å². The molecule has 2 heterocycles. The first-order chi connectivity index (χ1) is 19.8. The molecule has 1 aliphatic rings. The molecule has 2 aromatic carbocycles. The summed E-state index contributed by atoms with van der Waals surface area (Å²) in [6.07, 6.45) is 3.47. The minimum absolute atomic E-state index is 0.0720. The van der Waals surface area contributed by atoms with Gasteiger partial charge in [0, 0.05) is 18.0 Å². The number of pyridine rings is 1. The van der Waals surface area contributed by atoms with Gasteiger partial charge in [-0.2, -0.15) is 0 Å². The fourth-order valence-electron chi connectivity index (χ4n) is 4.14. The molecule has 13 heteroatoms. The highest BCUT2D eigenvalue weighted by Crippen LogP contribution is 2.37. The molecule has 9 nitrogen and oxygen atoms in total. The molecule has 0 atom stereocenters. The summed E-state index contributed by atoms with van der Waals surface area (Å²) in [6.45, 7) is 6.46. The molecular weight excluding hydrogens is 572 g/mol. The number of nitrogens with one attached hydrogen (secondary N) is 1. The summed E-state index contributed by atoms with van der Waals surface area (Å²) in [6, 6.07) is 10.3. The van der Waals surface area contributed by atoms with Crippen molar-refractivity contribution in [2.24, 2.45) is 4.99 Å². The van der Waals surface area contributed by atoms with E-state index in [-0.39, 0.29) is 42.8 Å². The van der Waals surface area contributed by atoms with Crippen LogP contribution in [0.25, 0.3) is 11.3 Å². The van der Waals surface area contributed by atoms with Crippen LogP contribution in [0.1, 0.15) is 11.1 Å². The minimum atomic E-state index is -0.958. The zero-order valence-corrected chi connectivity index (χ0v) is 23.9. The standard InChI is InChI=1S/C28H27F2N5O4S2/c1-4-23(38)34-11-12-35(41-39-14-13-34)28(33-25-17(2)7-5-10-22(25)40-3)18-15-20(30)26(32-27(18)31-16-36)24-19(29)8-6-9-21(24)37/h4-10,15-16,37H,1,11-14H2,2-3H3,(H,31,32,36). The van der Waals surface area contributed by atoms with E-state index in [1.165, 1.54) is 30.0 Å². The third kappa shape index (κ3) is 6.69. The third-order valence-electron chi connectivity index (χ3n) is 6.16. The lowest BCUT2D eigenvalue weighted by Gasteiger charge is -2.31. The van der Waals surface area contributed by atoms with Crippen LogP contribution in [0.4, 0.5) is 20.3 Å². The molecule has 1 saturated heterocycles. The van der Waals surface area contributed by atoms with Crippen molar-refractivity contribution < 1.29 is 27.7 Å². The summed E-state index contributed by atoms with van der Waals surface area (Å²) in [5.41, 5.74) is 0.568. The van der Waals surface area contributed by atoms with Crippen LogP contribution in [0, 0.1) is 18.6 Å². The zero-order chi connectivity index (χ0) is 29.5. The number of hydrogen-bond acceptors (Lipinski definition) is 8. The predicted molar refractivity (Wildman–Crippen MR) is 157 cm³/mol. The first-order valence-electron chi connectivity index (χ1n) is 12.4. The number of hydrogen-bond donors (Lipinski definition) is 2. The first-order valence-corrected chi connectivity index (χ1v) is 14.3. The number of phenolic OH excluding ortho intramolecular Hbond substituents is 1. The number of nitrogens with zero attached hydrogens (tertiary/aromatic N) is 4. The van der Waals surface area contributed by atoms with Gasteiger partial charge in [0.05, 0.1) is 30.0 Å². The Morgan fingerprint density at radius 1 is 1.22 bits per heavy atom. The van der Waals surface area contributed by atoms with E-state index in [0.717, 1.165) is 34.8 Å². The van der Waals surface area contributed by atoms with E-state index in [0.29, 0.717) is 18.6 Å². The highest BCUT2D eigenvalue weighted by molar-refractivity contribution is 7.98. The molecule has 4 rings (SSSR count). The fourth-order valence-corrected chi connectivity index (χ4v) is 5.40. The molecule has 0 radical (unpaired) electrons. The van der Waals surface area contributed by atoms with Gasteiger partial charge in [0.2, 0.25) is 12.3 Å². The summed E-state index contributed by atoms with van der Waals surface area (Å²) < 4.78 is 37.8. The summed E-state index contributed by atoms with van der Waals surface area (Å²) in [5.74, 6) is -2.58.